The quantitative estimate of drug-likeness (QED) is 0.838. The molecule has 3 rings (SSSR count). The van der Waals surface area contributed by atoms with E-state index in [1.165, 1.54) is 51.4 Å². The number of carboxylic acid groups (broad SMARTS) is 1. The number of hydrogen-bond donors (Lipinski definition) is 1. The number of aliphatic carboxylic acids is 1. The molecule has 1 saturated heterocycles. The van der Waals surface area contributed by atoms with Crippen LogP contribution in [0.15, 0.2) is 0 Å². The number of hydrogen-bond acceptors (Lipinski definition) is 2. The van der Waals surface area contributed by atoms with Gasteiger partial charge >= 0.3 is 5.97 Å². The average Bonchev–Trinajstić information content (AvgIpc) is 2.98. The van der Waals surface area contributed by atoms with Crippen molar-refractivity contribution in [1.29, 1.82) is 0 Å². The molecular formula is C15H25NO2. The van der Waals surface area contributed by atoms with Crippen molar-refractivity contribution in [2.75, 3.05) is 6.54 Å². The van der Waals surface area contributed by atoms with E-state index in [0.717, 1.165) is 18.9 Å². The molecule has 0 aromatic rings. The third-order valence-corrected chi connectivity index (χ3v) is 5.45. The number of fused-ring (bicyclic) bond motifs is 1. The molecule has 0 bridgehead atoms. The first-order valence-corrected chi connectivity index (χ1v) is 7.74. The molecule has 0 aromatic heterocycles. The van der Waals surface area contributed by atoms with Crippen LogP contribution in [0.5, 0.6) is 0 Å². The van der Waals surface area contributed by atoms with Crippen molar-refractivity contribution in [3.05, 3.63) is 0 Å². The highest BCUT2D eigenvalue weighted by molar-refractivity contribution is 5.74. The van der Waals surface area contributed by atoms with Crippen LogP contribution in [0.3, 0.4) is 0 Å². The van der Waals surface area contributed by atoms with Crippen LogP contribution in [0.25, 0.3) is 0 Å². The third-order valence-electron chi connectivity index (χ3n) is 5.45. The van der Waals surface area contributed by atoms with E-state index in [4.69, 9.17) is 0 Å². The van der Waals surface area contributed by atoms with Crippen LogP contribution in [0.4, 0.5) is 0 Å². The molecule has 1 heterocycles. The van der Waals surface area contributed by atoms with Gasteiger partial charge in [-0.25, -0.2) is 0 Å². The minimum Gasteiger partial charge on any atom is -0.480 e. The summed E-state index contributed by atoms with van der Waals surface area (Å²) >= 11 is 0. The Bertz CT molecular complexity index is 312. The van der Waals surface area contributed by atoms with Gasteiger partial charge in [0.1, 0.15) is 6.04 Å². The first-order valence-electron chi connectivity index (χ1n) is 7.74. The van der Waals surface area contributed by atoms with Gasteiger partial charge in [0.2, 0.25) is 0 Å². The van der Waals surface area contributed by atoms with E-state index >= 15 is 0 Å². The first kappa shape index (κ1) is 12.5. The zero-order chi connectivity index (χ0) is 12.5. The van der Waals surface area contributed by atoms with Crippen molar-refractivity contribution in [3.8, 4) is 0 Å². The van der Waals surface area contributed by atoms with Gasteiger partial charge in [0.25, 0.3) is 0 Å². The standard InChI is InChI=1S/C15H25NO2/c17-15(18)14-9-12-7-3-4-8-13(12)16(14)10-11-5-1-2-6-11/h11-14H,1-10H2,(H,17,18). The smallest absolute Gasteiger partial charge is 0.320 e. The van der Waals surface area contributed by atoms with Crippen molar-refractivity contribution in [3.63, 3.8) is 0 Å². The molecule has 3 atom stereocenters. The lowest BCUT2D eigenvalue weighted by atomic mass is 9.84. The number of carbonyl (C=O) groups is 1. The first-order chi connectivity index (χ1) is 8.75. The summed E-state index contributed by atoms with van der Waals surface area (Å²) in [5.74, 6) is 0.858. The zero-order valence-corrected chi connectivity index (χ0v) is 11.2. The molecule has 0 aromatic carbocycles. The molecule has 3 nitrogen and oxygen atoms in total. The van der Waals surface area contributed by atoms with E-state index in [0.29, 0.717) is 12.0 Å². The van der Waals surface area contributed by atoms with Crippen molar-refractivity contribution in [1.82, 2.24) is 4.90 Å². The topological polar surface area (TPSA) is 40.5 Å². The lowest BCUT2D eigenvalue weighted by Gasteiger charge is -2.34. The van der Waals surface area contributed by atoms with Gasteiger partial charge in [-0.2, -0.15) is 0 Å². The van der Waals surface area contributed by atoms with Crippen LogP contribution in [0, 0.1) is 11.8 Å². The minimum absolute atomic E-state index is 0.182. The Balaban J connectivity index is 1.71. The Hall–Kier alpha value is -0.570. The summed E-state index contributed by atoms with van der Waals surface area (Å²) in [4.78, 5) is 13.9. The Morgan fingerprint density at radius 1 is 1.06 bits per heavy atom. The highest BCUT2D eigenvalue weighted by Crippen LogP contribution is 2.41. The van der Waals surface area contributed by atoms with Gasteiger partial charge in [-0.3, -0.25) is 9.69 Å². The lowest BCUT2D eigenvalue weighted by Crippen LogP contribution is -2.44. The summed E-state index contributed by atoms with van der Waals surface area (Å²) in [6.07, 6.45) is 11.4. The fraction of sp³-hybridized carbons (Fsp3) is 0.933. The monoisotopic (exact) mass is 251 g/mol. The van der Waals surface area contributed by atoms with Gasteiger partial charge in [0, 0.05) is 12.6 Å². The fourth-order valence-electron chi connectivity index (χ4n) is 4.55. The maximum atomic E-state index is 11.5. The molecule has 2 aliphatic carbocycles. The van der Waals surface area contributed by atoms with Crippen LogP contribution >= 0.6 is 0 Å². The molecule has 3 unspecified atom stereocenters. The highest BCUT2D eigenvalue weighted by Gasteiger charge is 2.45. The summed E-state index contributed by atoms with van der Waals surface area (Å²) in [6.45, 7) is 1.05. The molecule has 1 aliphatic heterocycles. The van der Waals surface area contributed by atoms with Crippen molar-refractivity contribution >= 4 is 5.97 Å². The molecular weight excluding hydrogens is 226 g/mol. The normalized spacial score (nSPS) is 37.9. The van der Waals surface area contributed by atoms with Gasteiger partial charge in [0.05, 0.1) is 0 Å². The SMILES string of the molecule is O=C(O)C1CC2CCCCC2N1CC1CCCC1. The summed E-state index contributed by atoms with van der Waals surface area (Å²) in [5.41, 5.74) is 0. The maximum Gasteiger partial charge on any atom is 0.320 e. The molecule has 102 valence electrons. The molecule has 0 radical (unpaired) electrons. The fourth-order valence-corrected chi connectivity index (χ4v) is 4.55. The molecule has 1 N–H and O–H groups in total. The molecule has 0 amide bonds. The summed E-state index contributed by atoms with van der Waals surface area (Å²) < 4.78 is 0. The van der Waals surface area contributed by atoms with Gasteiger partial charge in [-0.15, -0.1) is 0 Å². The lowest BCUT2D eigenvalue weighted by molar-refractivity contribution is -0.142. The predicted molar refractivity (Wildman–Crippen MR) is 70.5 cm³/mol. The molecule has 3 fully saturated rings. The van der Waals surface area contributed by atoms with Crippen molar-refractivity contribution < 1.29 is 9.90 Å². The molecule has 18 heavy (non-hydrogen) atoms. The predicted octanol–water partition coefficient (Wildman–Crippen LogP) is 2.89. The average molecular weight is 251 g/mol. The summed E-state index contributed by atoms with van der Waals surface area (Å²) in [5, 5.41) is 9.46. The summed E-state index contributed by atoms with van der Waals surface area (Å²) in [6, 6.07) is 0.402. The van der Waals surface area contributed by atoms with Gasteiger partial charge < -0.3 is 5.11 Å². The van der Waals surface area contributed by atoms with Crippen LogP contribution in [-0.2, 0) is 4.79 Å². The molecule has 2 saturated carbocycles. The zero-order valence-electron chi connectivity index (χ0n) is 11.2. The van der Waals surface area contributed by atoms with Gasteiger partial charge in [-0.1, -0.05) is 25.7 Å². The van der Waals surface area contributed by atoms with Gasteiger partial charge in [-0.05, 0) is 43.9 Å². The molecule has 3 heteroatoms. The highest BCUT2D eigenvalue weighted by atomic mass is 16.4. The van der Waals surface area contributed by atoms with Crippen LogP contribution in [-0.4, -0.2) is 34.6 Å². The van der Waals surface area contributed by atoms with E-state index in [1.807, 2.05) is 0 Å². The molecule has 0 spiro atoms. The van der Waals surface area contributed by atoms with Crippen LogP contribution < -0.4 is 0 Å². The minimum atomic E-state index is -0.581. The second kappa shape index (κ2) is 5.20. The third kappa shape index (κ3) is 2.29. The van der Waals surface area contributed by atoms with Crippen molar-refractivity contribution in [2.45, 2.75) is 69.9 Å². The number of nitrogens with zero attached hydrogens (tertiary/aromatic N) is 1. The van der Waals surface area contributed by atoms with Gasteiger partial charge in [0.15, 0.2) is 0 Å². The second-order valence-corrected chi connectivity index (χ2v) is 6.55. The number of rotatable bonds is 3. The van der Waals surface area contributed by atoms with E-state index in [9.17, 15) is 9.90 Å². The Morgan fingerprint density at radius 3 is 2.44 bits per heavy atom. The maximum absolute atomic E-state index is 11.5. The van der Waals surface area contributed by atoms with E-state index in [1.54, 1.807) is 0 Å². The van der Waals surface area contributed by atoms with E-state index < -0.39 is 5.97 Å². The van der Waals surface area contributed by atoms with E-state index in [-0.39, 0.29) is 6.04 Å². The Labute approximate surface area is 110 Å². The number of likely N-dealkylation sites (tertiary alicyclic amines) is 1. The van der Waals surface area contributed by atoms with Crippen LogP contribution in [0.2, 0.25) is 0 Å². The van der Waals surface area contributed by atoms with Crippen molar-refractivity contribution in [2.24, 2.45) is 11.8 Å². The number of carboxylic acids is 1. The largest absolute Gasteiger partial charge is 0.480 e. The van der Waals surface area contributed by atoms with Crippen LogP contribution in [0.1, 0.15) is 57.8 Å². The Kier molecular flexibility index (Phi) is 3.60. The Morgan fingerprint density at radius 2 is 1.72 bits per heavy atom. The van der Waals surface area contributed by atoms with E-state index in [2.05, 4.69) is 4.90 Å². The second-order valence-electron chi connectivity index (χ2n) is 6.55. The molecule has 3 aliphatic rings. The summed E-state index contributed by atoms with van der Waals surface area (Å²) in [7, 11) is 0.